The maximum Gasteiger partial charge on any atom is 0.373 e. The summed E-state index contributed by atoms with van der Waals surface area (Å²) in [6.07, 6.45) is 59.8. The Bertz CT molecular complexity index is 1260. The number of hydrogen-bond acceptors (Lipinski definition) is 9. The molecule has 9 heteroatoms. The Labute approximate surface area is 403 Å². The van der Waals surface area contributed by atoms with Crippen LogP contribution in [0.1, 0.15) is 252 Å². The van der Waals surface area contributed by atoms with Gasteiger partial charge in [0.15, 0.2) is 6.61 Å². The zero-order valence-electron chi connectivity index (χ0n) is 42.4. The van der Waals surface area contributed by atoms with E-state index in [2.05, 4.69) is 93.7 Å². The summed E-state index contributed by atoms with van der Waals surface area (Å²) in [6, 6.07) is 0. The lowest BCUT2D eigenvalue weighted by Crippen LogP contribution is -2.62. The molecule has 0 amide bonds. The number of rotatable bonds is 47. The molecule has 0 aromatic rings. The van der Waals surface area contributed by atoms with Crippen LogP contribution in [0.2, 0.25) is 0 Å². The molecule has 0 bridgehead atoms. The molecule has 9 nitrogen and oxygen atoms in total. The van der Waals surface area contributed by atoms with Gasteiger partial charge in [0.25, 0.3) is 0 Å². The van der Waals surface area contributed by atoms with Crippen molar-refractivity contribution in [3.05, 3.63) is 72.9 Å². The fourth-order valence-electron chi connectivity index (χ4n) is 7.27. The molecule has 0 aliphatic carbocycles. The summed E-state index contributed by atoms with van der Waals surface area (Å²) >= 11 is 0. The van der Waals surface area contributed by atoms with Gasteiger partial charge in [-0.15, -0.1) is 0 Å². The summed E-state index contributed by atoms with van der Waals surface area (Å²) in [4.78, 5) is 39.0. The Morgan fingerprint density at radius 2 is 0.606 bits per heavy atom. The number of esters is 3. The molecule has 0 radical (unpaired) electrons. The van der Waals surface area contributed by atoms with Crippen molar-refractivity contribution in [2.45, 2.75) is 264 Å². The van der Waals surface area contributed by atoms with Gasteiger partial charge in [-0.05, 0) is 116 Å². The first-order valence-corrected chi connectivity index (χ1v) is 26.8. The quantitative estimate of drug-likeness (QED) is 0.0235. The normalized spacial score (nSPS) is 12.6. The molecule has 0 heterocycles. The van der Waals surface area contributed by atoms with Crippen LogP contribution in [-0.4, -0.2) is 51.6 Å². The average Bonchev–Trinajstić information content (AvgIpc) is 3.29. The Morgan fingerprint density at radius 1 is 0.348 bits per heavy atom. The van der Waals surface area contributed by atoms with Crippen molar-refractivity contribution < 1.29 is 43.9 Å². The van der Waals surface area contributed by atoms with Crippen LogP contribution in [0, 0.1) is 0 Å². The number of carbonyl (C=O) groups excluding carboxylic acids is 3. The van der Waals surface area contributed by atoms with Gasteiger partial charge in [0.1, 0.15) is 0 Å². The van der Waals surface area contributed by atoms with E-state index in [4.69, 9.17) is 14.2 Å². The number of aliphatic hydroxyl groups is 3. The smallest absolute Gasteiger partial charge is 0.373 e. The lowest BCUT2D eigenvalue weighted by Gasteiger charge is -2.37. The van der Waals surface area contributed by atoms with Crippen LogP contribution in [-0.2, 0) is 28.6 Å². The van der Waals surface area contributed by atoms with Crippen LogP contribution in [0.5, 0.6) is 0 Å². The zero-order valence-corrected chi connectivity index (χ0v) is 42.4. The third kappa shape index (κ3) is 41.0. The van der Waals surface area contributed by atoms with E-state index in [-0.39, 0.29) is 19.3 Å². The second-order valence-corrected chi connectivity index (χ2v) is 17.9. The molecule has 0 saturated carbocycles. The van der Waals surface area contributed by atoms with Crippen LogP contribution in [0.25, 0.3) is 0 Å². The fourth-order valence-corrected chi connectivity index (χ4v) is 7.27. The van der Waals surface area contributed by atoms with Crippen molar-refractivity contribution in [1.82, 2.24) is 0 Å². The molecule has 0 spiro atoms. The summed E-state index contributed by atoms with van der Waals surface area (Å²) < 4.78 is 16.0. The highest BCUT2D eigenvalue weighted by Gasteiger charge is 2.58. The maximum absolute atomic E-state index is 13.1. The predicted octanol–water partition coefficient (Wildman–Crippen LogP) is 15.4. The molecule has 0 aromatic carbocycles. The highest BCUT2D eigenvalue weighted by molar-refractivity contribution is 5.73. The van der Waals surface area contributed by atoms with Crippen LogP contribution in [0.4, 0.5) is 0 Å². The Kier molecular flexibility index (Phi) is 44.5. The van der Waals surface area contributed by atoms with Crippen molar-refractivity contribution in [2.24, 2.45) is 0 Å². The first-order chi connectivity index (χ1) is 32.1. The van der Waals surface area contributed by atoms with Gasteiger partial charge < -0.3 is 29.5 Å². The maximum atomic E-state index is 13.1. The summed E-state index contributed by atoms with van der Waals surface area (Å²) in [7, 11) is 0. The lowest BCUT2D eigenvalue weighted by molar-refractivity contribution is -0.449. The molecular weight excluding hydrogens is 829 g/mol. The van der Waals surface area contributed by atoms with Crippen molar-refractivity contribution in [2.75, 3.05) is 6.61 Å². The van der Waals surface area contributed by atoms with Crippen LogP contribution >= 0.6 is 0 Å². The topological polar surface area (TPSA) is 140 Å². The molecule has 0 aromatic heterocycles. The van der Waals surface area contributed by atoms with E-state index in [1.807, 2.05) is 0 Å². The van der Waals surface area contributed by atoms with Gasteiger partial charge in [-0.2, -0.15) is 0 Å². The highest BCUT2D eigenvalue weighted by atomic mass is 16.8. The monoisotopic (exact) mass is 927 g/mol. The van der Waals surface area contributed by atoms with E-state index >= 15 is 0 Å². The van der Waals surface area contributed by atoms with Crippen molar-refractivity contribution in [3.8, 4) is 0 Å². The lowest BCUT2D eigenvalue weighted by atomic mass is 10.1. The second-order valence-electron chi connectivity index (χ2n) is 17.9. The molecule has 66 heavy (non-hydrogen) atoms. The van der Waals surface area contributed by atoms with Crippen molar-refractivity contribution >= 4 is 17.9 Å². The summed E-state index contributed by atoms with van der Waals surface area (Å²) in [5.74, 6) is -9.37. The Balaban J connectivity index is 4.97. The van der Waals surface area contributed by atoms with E-state index in [1.54, 1.807) is 0 Å². The summed E-state index contributed by atoms with van der Waals surface area (Å²) in [5.41, 5.74) is 0. The number of allylic oxidation sites excluding steroid dienone is 12. The molecule has 0 saturated heterocycles. The van der Waals surface area contributed by atoms with E-state index in [0.717, 1.165) is 135 Å². The van der Waals surface area contributed by atoms with E-state index in [1.165, 1.54) is 57.8 Å². The summed E-state index contributed by atoms with van der Waals surface area (Å²) in [6.45, 7) is 5.58. The number of ether oxygens (including phenoxy) is 3. The first kappa shape index (κ1) is 62.7. The molecule has 0 atom stereocenters. The molecule has 0 fully saturated rings. The van der Waals surface area contributed by atoms with Gasteiger partial charge in [0, 0.05) is 19.3 Å². The van der Waals surface area contributed by atoms with E-state index in [0.29, 0.717) is 19.3 Å². The number of carbonyl (C=O) groups is 3. The van der Waals surface area contributed by atoms with Gasteiger partial charge in [-0.3, -0.25) is 14.4 Å². The molecule has 0 unspecified atom stereocenters. The summed E-state index contributed by atoms with van der Waals surface area (Å²) in [5, 5.41) is 31.5. The third-order valence-corrected chi connectivity index (χ3v) is 11.5. The molecule has 380 valence electrons. The molecular formula is C57H98O9. The Hall–Kier alpha value is -3.27. The minimum atomic E-state index is -3.82. The minimum absolute atomic E-state index is 0.0374. The van der Waals surface area contributed by atoms with Gasteiger partial charge in [0.05, 0.1) is 0 Å². The van der Waals surface area contributed by atoms with Crippen LogP contribution in [0.3, 0.4) is 0 Å². The van der Waals surface area contributed by atoms with Gasteiger partial charge in [-0.25, -0.2) is 0 Å². The molecule has 3 N–H and O–H groups in total. The van der Waals surface area contributed by atoms with Gasteiger partial charge >= 0.3 is 29.7 Å². The van der Waals surface area contributed by atoms with E-state index in [9.17, 15) is 29.7 Å². The standard InChI is InChI=1S/C57H98O9/c1-4-7-10-13-16-19-22-25-28-31-34-37-40-43-46-49-53(58)64-52-56(57(61,62)63,65-54(59)50-47-44-41-38-35-32-29-26-23-20-17-14-11-8-5-2)66-55(60)51-48-45-42-39-36-33-30-27-24-21-18-15-12-9-6-3/h16-21,25-30,61-63H,4-15,22-24,31-52H2,1-3H3/b19-16-,20-17-,21-18-,28-25-,29-26-,30-27-. The fraction of sp³-hybridized carbons (Fsp3) is 0.737. The largest absolute Gasteiger partial charge is 0.457 e. The van der Waals surface area contributed by atoms with Gasteiger partial charge in [-0.1, -0.05) is 190 Å². The molecule has 0 aliphatic heterocycles. The molecule has 0 rings (SSSR count). The predicted molar refractivity (Wildman–Crippen MR) is 273 cm³/mol. The Morgan fingerprint density at radius 3 is 0.894 bits per heavy atom. The van der Waals surface area contributed by atoms with Crippen molar-refractivity contribution in [3.63, 3.8) is 0 Å². The SMILES string of the molecule is CCCCC/C=C\C/C=C\CCCCCCCC(=O)OCC(OC(=O)CCCCCCC/C=C\C/C=C\CCCCC)(OC(=O)CCCCCCC/C=C\C/C=C\CCCCC)C(O)(O)O. The first-order valence-electron chi connectivity index (χ1n) is 26.8. The van der Waals surface area contributed by atoms with Crippen LogP contribution < -0.4 is 0 Å². The van der Waals surface area contributed by atoms with Crippen LogP contribution in [0.15, 0.2) is 72.9 Å². The highest BCUT2D eigenvalue weighted by Crippen LogP contribution is 2.28. The minimum Gasteiger partial charge on any atom is -0.457 e. The zero-order chi connectivity index (χ0) is 48.5. The van der Waals surface area contributed by atoms with E-state index < -0.39 is 36.3 Å². The average molecular weight is 927 g/mol. The number of hydrogen-bond donors (Lipinski definition) is 3. The second kappa shape index (κ2) is 46.8. The van der Waals surface area contributed by atoms with Crippen molar-refractivity contribution in [1.29, 1.82) is 0 Å². The molecule has 0 aliphatic rings. The third-order valence-electron chi connectivity index (χ3n) is 11.5. The number of unbranched alkanes of at least 4 members (excludes halogenated alkanes) is 24. The van der Waals surface area contributed by atoms with Gasteiger partial charge in [0.2, 0.25) is 0 Å².